The average Bonchev–Trinajstić information content (AvgIpc) is 2.61. The van der Waals surface area contributed by atoms with Crippen LogP contribution in [0.1, 0.15) is 25.8 Å². The normalized spacial score (nSPS) is 13.0. The van der Waals surface area contributed by atoms with Crippen LogP contribution < -0.4 is 5.32 Å². The van der Waals surface area contributed by atoms with Crippen molar-refractivity contribution in [3.05, 3.63) is 48.0 Å². The lowest BCUT2D eigenvalue weighted by atomic mass is 10.0. The van der Waals surface area contributed by atoms with Crippen molar-refractivity contribution in [3.63, 3.8) is 0 Å². The third kappa shape index (κ3) is 5.31. The molecule has 6 heteroatoms. The fraction of sp³-hybridized carbons (Fsp3) is 0.350. The van der Waals surface area contributed by atoms with Gasteiger partial charge in [-0.2, -0.15) is 0 Å². The Bertz CT molecular complexity index is 802. The second-order valence-electron chi connectivity index (χ2n) is 6.21. The Labute approximate surface area is 152 Å². The van der Waals surface area contributed by atoms with Crippen LogP contribution in [-0.2, 0) is 25.5 Å². The van der Waals surface area contributed by atoms with E-state index in [-0.39, 0.29) is 19.4 Å². The molecule has 2 aromatic rings. The molecule has 0 aliphatic rings. The summed E-state index contributed by atoms with van der Waals surface area (Å²) >= 11 is 0. The van der Waals surface area contributed by atoms with Crippen LogP contribution in [0.4, 0.5) is 0 Å². The molecule has 138 valence electrons. The van der Waals surface area contributed by atoms with Crippen molar-refractivity contribution in [1.29, 1.82) is 0 Å². The third-order valence-electron chi connectivity index (χ3n) is 4.09. The van der Waals surface area contributed by atoms with Crippen LogP contribution in [0.15, 0.2) is 42.5 Å². The Morgan fingerprint density at radius 1 is 1.12 bits per heavy atom. The van der Waals surface area contributed by atoms with Gasteiger partial charge in [0.15, 0.2) is 0 Å². The van der Waals surface area contributed by atoms with E-state index >= 15 is 0 Å². The molecule has 0 saturated heterocycles. The molecule has 0 saturated carbocycles. The van der Waals surface area contributed by atoms with E-state index in [2.05, 4.69) is 5.32 Å². The Morgan fingerprint density at radius 2 is 1.81 bits per heavy atom. The molecule has 0 aromatic heterocycles. The summed E-state index contributed by atoms with van der Waals surface area (Å²) in [6.45, 7) is 3.50. The summed E-state index contributed by atoms with van der Waals surface area (Å²) in [6.07, 6.45) is 0.0556. The van der Waals surface area contributed by atoms with Gasteiger partial charge in [0.05, 0.1) is 18.9 Å². The zero-order valence-corrected chi connectivity index (χ0v) is 14.9. The zero-order chi connectivity index (χ0) is 19.1. The zero-order valence-electron chi connectivity index (χ0n) is 14.9. The summed E-state index contributed by atoms with van der Waals surface area (Å²) in [6, 6.07) is 12.3. The summed E-state index contributed by atoms with van der Waals surface area (Å²) in [5.74, 6) is -2.66. The summed E-state index contributed by atoms with van der Waals surface area (Å²) in [7, 11) is 0. The molecule has 0 heterocycles. The molecule has 2 atom stereocenters. The highest BCUT2D eigenvalue weighted by Gasteiger charge is 2.26. The molecule has 2 aromatic carbocycles. The number of esters is 1. The van der Waals surface area contributed by atoms with Crippen LogP contribution in [0.5, 0.6) is 0 Å². The minimum absolute atomic E-state index is 0.0162. The van der Waals surface area contributed by atoms with Gasteiger partial charge in [-0.1, -0.05) is 49.4 Å². The van der Waals surface area contributed by atoms with Crippen molar-refractivity contribution in [1.82, 2.24) is 5.32 Å². The maximum Gasteiger partial charge on any atom is 0.326 e. The van der Waals surface area contributed by atoms with Gasteiger partial charge in [-0.05, 0) is 29.7 Å². The Balaban J connectivity index is 2.00. The molecular weight excluding hydrogens is 334 g/mol. The predicted octanol–water partition coefficient (Wildman–Crippen LogP) is 2.54. The number of fused-ring (bicyclic) bond motifs is 1. The molecule has 1 amide bonds. The molecule has 26 heavy (non-hydrogen) atoms. The number of carboxylic acid groups (broad SMARTS) is 1. The fourth-order valence-electron chi connectivity index (χ4n) is 2.74. The van der Waals surface area contributed by atoms with Gasteiger partial charge in [0, 0.05) is 0 Å². The lowest BCUT2D eigenvalue weighted by Crippen LogP contribution is -2.43. The van der Waals surface area contributed by atoms with Gasteiger partial charge in [-0.3, -0.25) is 9.59 Å². The van der Waals surface area contributed by atoms with Crippen LogP contribution in [0.2, 0.25) is 0 Å². The molecule has 0 aliphatic carbocycles. The first-order valence-corrected chi connectivity index (χ1v) is 8.57. The van der Waals surface area contributed by atoms with E-state index in [0.29, 0.717) is 0 Å². The summed E-state index contributed by atoms with van der Waals surface area (Å²) in [4.78, 5) is 35.3. The van der Waals surface area contributed by atoms with E-state index in [1.807, 2.05) is 42.5 Å². The number of ether oxygens (including phenoxy) is 1. The standard InChI is InChI=1S/C20H23NO5/c1-3-26-20(25)13(2)10-17(19(23)24)21-18(22)12-14-8-9-15-6-4-5-7-16(15)11-14/h4-9,11,13,17H,3,10,12H2,1-2H3,(H,21,22)(H,23,24)/t13-,17+/m0/s1. The number of carbonyl (C=O) groups excluding carboxylic acids is 2. The van der Waals surface area contributed by atoms with Crippen LogP contribution in [0, 0.1) is 5.92 Å². The van der Waals surface area contributed by atoms with Crippen LogP contribution >= 0.6 is 0 Å². The Kier molecular flexibility index (Phi) is 6.72. The van der Waals surface area contributed by atoms with Gasteiger partial charge < -0.3 is 15.2 Å². The molecule has 0 aliphatic heterocycles. The molecule has 2 rings (SSSR count). The molecule has 0 fully saturated rings. The van der Waals surface area contributed by atoms with Crippen molar-refractivity contribution in [2.45, 2.75) is 32.7 Å². The maximum atomic E-state index is 12.2. The number of hydrogen-bond donors (Lipinski definition) is 2. The van der Waals surface area contributed by atoms with E-state index in [1.165, 1.54) is 0 Å². The number of aliphatic carboxylic acids is 1. The van der Waals surface area contributed by atoms with E-state index in [4.69, 9.17) is 4.74 Å². The average molecular weight is 357 g/mol. The van der Waals surface area contributed by atoms with Gasteiger partial charge in [0.25, 0.3) is 0 Å². The number of rotatable bonds is 8. The third-order valence-corrected chi connectivity index (χ3v) is 4.09. The highest BCUT2D eigenvalue weighted by atomic mass is 16.5. The highest BCUT2D eigenvalue weighted by Crippen LogP contribution is 2.16. The van der Waals surface area contributed by atoms with Gasteiger partial charge in [0.2, 0.25) is 5.91 Å². The molecule has 0 bridgehead atoms. The van der Waals surface area contributed by atoms with Gasteiger partial charge in [0.1, 0.15) is 6.04 Å². The molecular formula is C20H23NO5. The first-order valence-electron chi connectivity index (χ1n) is 8.57. The van der Waals surface area contributed by atoms with Crippen LogP contribution in [0.25, 0.3) is 10.8 Å². The lowest BCUT2D eigenvalue weighted by Gasteiger charge is -2.18. The Morgan fingerprint density at radius 3 is 2.46 bits per heavy atom. The molecule has 0 spiro atoms. The molecule has 2 N–H and O–H groups in total. The SMILES string of the molecule is CCOC(=O)[C@@H](C)C[C@@H](NC(=O)Cc1ccc2ccccc2c1)C(=O)O. The Hall–Kier alpha value is -2.89. The second-order valence-corrected chi connectivity index (χ2v) is 6.21. The number of benzene rings is 2. The smallest absolute Gasteiger partial charge is 0.326 e. The lowest BCUT2D eigenvalue weighted by molar-refractivity contribution is -0.149. The minimum Gasteiger partial charge on any atom is -0.480 e. The highest BCUT2D eigenvalue weighted by molar-refractivity contribution is 5.87. The predicted molar refractivity (Wildman–Crippen MR) is 97.6 cm³/mol. The second kappa shape index (κ2) is 8.99. The number of hydrogen-bond acceptors (Lipinski definition) is 4. The number of nitrogens with one attached hydrogen (secondary N) is 1. The topological polar surface area (TPSA) is 92.7 Å². The van der Waals surface area contributed by atoms with Crippen molar-refractivity contribution in [3.8, 4) is 0 Å². The minimum atomic E-state index is -1.17. The van der Waals surface area contributed by atoms with E-state index in [1.54, 1.807) is 13.8 Å². The first-order chi connectivity index (χ1) is 12.4. The van der Waals surface area contributed by atoms with Gasteiger partial charge in [-0.15, -0.1) is 0 Å². The van der Waals surface area contributed by atoms with Crippen LogP contribution in [-0.4, -0.2) is 35.6 Å². The van der Waals surface area contributed by atoms with E-state index < -0.39 is 29.8 Å². The van der Waals surface area contributed by atoms with Gasteiger partial charge >= 0.3 is 11.9 Å². The summed E-state index contributed by atoms with van der Waals surface area (Å²) in [5.41, 5.74) is 0.795. The van der Waals surface area contributed by atoms with Crippen LogP contribution in [0.3, 0.4) is 0 Å². The first kappa shape index (κ1) is 19.4. The van der Waals surface area contributed by atoms with Gasteiger partial charge in [-0.25, -0.2) is 4.79 Å². The number of carbonyl (C=O) groups is 3. The monoisotopic (exact) mass is 357 g/mol. The molecule has 0 unspecified atom stereocenters. The maximum absolute atomic E-state index is 12.2. The van der Waals surface area contributed by atoms with Crippen molar-refractivity contribution >= 4 is 28.6 Å². The van der Waals surface area contributed by atoms with Crippen molar-refractivity contribution in [2.24, 2.45) is 5.92 Å². The molecule has 0 radical (unpaired) electrons. The number of amides is 1. The number of carboxylic acids is 1. The van der Waals surface area contributed by atoms with E-state index in [9.17, 15) is 19.5 Å². The summed E-state index contributed by atoms with van der Waals surface area (Å²) in [5, 5.41) is 13.9. The quantitative estimate of drug-likeness (QED) is 0.708. The largest absolute Gasteiger partial charge is 0.480 e. The van der Waals surface area contributed by atoms with E-state index in [0.717, 1.165) is 16.3 Å². The molecule has 6 nitrogen and oxygen atoms in total. The fourth-order valence-corrected chi connectivity index (χ4v) is 2.74. The van der Waals surface area contributed by atoms with Crippen molar-refractivity contribution < 1.29 is 24.2 Å². The summed E-state index contributed by atoms with van der Waals surface area (Å²) < 4.78 is 4.88. The van der Waals surface area contributed by atoms with Crippen molar-refractivity contribution in [2.75, 3.05) is 6.61 Å².